The van der Waals surface area contributed by atoms with Gasteiger partial charge in [-0.25, -0.2) is 0 Å². The fourth-order valence-electron chi connectivity index (χ4n) is 2.63. The first-order valence-electron chi connectivity index (χ1n) is 8.99. The molecule has 0 aromatic carbocycles. The maximum Gasteiger partial charge on any atom is 0.00168 e. The molecule has 0 nitrogen and oxygen atoms in total. The second kappa shape index (κ2) is 16.4. The molecule has 0 heterocycles. The summed E-state index contributed by atoms with van der Waals surface area (Å²) >= 11 is 4.66. The Bertz CT molecular complexity index is 156. The molecule has 116 valence electrons. The van der Waals surface area contributed by atoms with Crippen LogP contribution in [-0.4, -0.2) is 5.25 Å². The lowest BCUT2D eigenvalue weighted by Gasteiger charge is -2.09. The molecule has 1 unspecified atom stereocenters. The number of hydrogen-bond donors (Lipinski definition) is 1. The first-order valence-corrected chi connectivity index (χ1v) is 9.51. The lowest BCUT2D eigenvalue weighted by Crippen LogP contribution is -1.98. The Kier molecular flexibility index (Phi) is 16.7. The second-order valence-corrected chi connectivity index (χ2v) is 6.85. The second-order valence-electron chi connectivity index (χ2n) is 6.12. The molecule has 0 spiro atoms. The molecule has 19 heavy (non-hydrogen) atoms. The van der Waals surface area contributed by atoms with Crippen molar-refractivity contribution < 1.29 is 0 Å². The summed E-state index contributed by atoms with van der Waals surface area (Å²) in [5.41, 5.74) is 0. The zero-order chi connectivity index (χ0) is 14.2. The molecule has 0 aromatic rings. The van der Waals surface area contributed by atoms with Crippen molar-refractivity contribution in [3.63, 3.8) is 0 Å². The van der Waals surface area contributed by atoms with Gasteiger partial charge in [0.2, 0.25) is 0 Å². The standard InChI is InChI=1S/C18H38S/c1-3-5-7-8-9-10-11-12-13-14-15-17-18(19)16-6-4-2/h18-19H,3-17H2,1-2H3. The molecule has 0 aliphatic rings. The molecule has 0 saturated heterocycles. The summed E-state index contributed by atoms with van der Waals surface area (Å²) in [4.78, 5) is 0. The maximum atomic E-state index is 4.66. The zero-order valence-corrected chi connectivity index (χ0v) is 14.5. The van der Waals surface area contributed by atoms with Crippen molar-refractivity contribution in [3.05, 3.63) is 0 Å². The van der Waals surface area contributed by atoms with Gasteiger partial charge in [0.1, 0.15) is 0 Å². The van der Waals surface area contributed by atoms with Crippen LogP contribution in [0.25, 0.3) is 0 Å². The molecule has 0 bridgehead atoms. The molecule has 0 aromatic heterocycles. The van der Waals surface area contributed by atoms with Gasteiger partial charge < -0.3 is 0 Å². The predicted molar refractivity (Wildman–Crippen MR) is 93.4 cm³/mol. The number of unbranched alkanes of at least 4 members (excludes halogenated alkanes) is 11. The van der Waals surface area contributed by atoms with Crippen molar-refractivity contribution in [2.24, 2.45) is 0 Å². The highest BCUT2D eigenvalue weighted by molar-refractivity contribution is 7.80. The molecular weight excluding hydrogens is 248 g/mol. The van der Waals surface area contributed by atoms with Gasteiger partial charge in [-0.3, -0.25) is 0 Å². The van der Waals surface area contributed by atoms with E-state index in [2.05, 4.69) is 26.5 Å². The number of thiol groups is 1. The third kappa shape index (κ3) is 16.3. The van der Waals surface area contributed by atoms with Crippen molar-refractivity contribution in [1.29, 1.82) is 0 Å². The van der Waals surface area contributed by atoms with E-state index in [1.54, 1.807) is 0 Å². The fraction of sp³-hybridized carbons (Fsp3) is 1.00. The lowest BCUT2D eigenvalue weighted by atomic mass is 10.0. The highest BCUT2D eigenvalue weighted by Crippen LogP contribution is 2.16. The summed E-state index contributed by atoms with van der Waals surface area (Å²) in [6.07, 6.45) is 21.2. The molecule has 0 N–H and O–H groups in total. The average molecular weight is 287 g/mol. The van der Waals surface area contributed by atoms with Crippen LogP contribution in [0, 0.1) is 0 Å². The monoisotopic (exact) mass is 286 g/mol. The summed E-state index contributed by atoms with van der Waals surface area (Å²) in [7, 11) is 0. The van der Waals surface area contributed by atoms with Gasteiger partial charge in [-0.05, 0) is 12.8 Å². The number of hydrogen-bond acceptors (Lipinski definition) is 1. The molecule has 0 aliphatic carbocycles. The Hall–Kier alpha value is 0.350. The summed E-state index contributed by atoms with van der Waals surface area (Å²) < 4.78 is 0. The van der Waals surface area contributed by atoms with Gasteiger partial charge in [0.15, 0.2) is 0 Å². The van der Waals surface area contributed by atoms with Crippen molar-refractivity contribution >= 4 is 12.6 Å². The van der Waals surface area contributed by atoms with Gasteiger partial charge in [0.25, 0.3) is 0 Å². The van der Waals surface area contributed by atoms with Crippen molar-refractivity contribution in [2.45, 2.75) is 115 Å². The molecular formula is C18H38S. The molecule has 0 saturated carbocycles. The largest absolute Gasteiger partial charge is 0.176 e. The predicted octanol–water partition coefficient (Wildman–Crippen LogP) is 7.18. The topological polar surface area (TPSA) is 0 Å². The van der Waals surface area contributed by atoms with E-state index in [0.29, 0.717) is 5.25 Å². The van der Waals surface area contributed by atoms with E-state index in [1.165, 1.54) is 96.3 Å². The minimum Gasteiger partial charge on any atom is -0.176 e. The zero-order valence-electron chi connectivity index (χ0n) is 13.6. The van der Waals surface area contributed by atoms with Crippen LogP contribution in [0.5, 0.6) is 0 Å². The van der Waals surface area contributed by atoms with Gasteiger partial charge in [-0.1, -0.05) is 97.3 Å². The SMILES string of the molecule is CCCCCCCCCCCCCC(S)CCCC. The minimum atomic E-state index is 0.665. The van der Waals surface area contributed by atoms with E-state index in [1.807, 2.05) is 0 Å². The van der Waals surface area contributed by atoms with Gasteiger partial charge in [-0.15, -0.1) is 0 Å². The van der Waals surface area contributed by atoms with Gasteiger partial charge in [-0.2, -0.15) is 12.6 Å². The first kappa shape index (κ1) is 19.4. The van der Waals surface area contributed by atoms with Crippen LogP contribution in [-0.2, 0) is 0 Å². The number of rotatable bonds is 15. The van der Waals surface area contributed by atoms with E-state index >= 15 is 0 Å². The van der Waals surface area contributed by atoms with Crippen LogP contribution in [0.4, 0.5) is 0 Å². The fourth-order valence-corrected chi connectivity index (χ4v) is 2.99. The molecule has 1 heteroatoms. The first-order chi connectivity index (χ1) is 9.31. The van der Waals surface area contributed by atoms with E-state index in [-0.39, 0.29) is 0 Å². The Morgan fingerprint density at radius 2 is 0.895 bits per heavy atom. The van der Waals surface area contributed by atoms with Crippen LogP contribution in [0.3, 0.4) is 0 Å². The van der Waals surface area contributed by atoms with Crippen LogP contribution >= 0.6 is 12.6 Å². The van der Waals surface area contributed by atoms with Gasteiger partial charge in [0, 0.05) is 5.25 Å². The Morgan fingerprint density at radius 3 is 1.37 bits per heavy atom. The molecule has 0 radical (unpaired) electrons. The summed E-state index contributed by atoms with van der Waals surface area (Å²) in [5.74, 6) is 0. The highest BCUT2D eigenvalue weighted by Gasteiger charge is 2.01. The van der Waals surface area contributed by atoms with Gasteiger partial charge in [0.05, 0.1) is 0 Å². The van der Waals surface area contributed by atoms with Crippen LogP contribution in [0.1, 0.15) is 110 Å². The molecule has 0 amide bonds. The quantitative estimate of drug-likeness (QED) is 0.239. The highest BCUT2D eigenvalue weighted by atomic mass is 32.1. The Labute approximate surface area is 128 Å². The van der Waals surface area contributed by atoms with Crippen molar-refractivity contribution in [3.8, 4) is 0 Å². The smallest absolute Gasteiger partial charge is 0.00168 e. The normalized spacial score (nSPS) is 12.8. The van der Waals surface area contributed by atoms with Crippen LogP contribution < -0.4 is 0 Å². The Balaban J connectivity index is 3.02. The molecule has 0 fully saturated rings. The lowest BCUT2D eigenvalue weighted by molar-refractivity contribution is 0.535. The minimum absolute atomic E-state index is 0.665. The maximum absolute atomic E-state index is 4.66. The third-order valence-corrected chi connectivity index (χ3v) is 4.55. The summed E-state index contributed by atoms with van der Waals surface area (Å²) in [6.45, 7) is 4.56. The van der Waals surface area contributed by atoms with Crippen LogP contribution in [0.15, 0.2) is 0 Å². The Morgan fingerprint density at radius 1 is 0.526 bits per heavy atom. The van der Waals surface area contributed by atoms with E-state index in [4.69, 9.17) is 0 Å². The van der Waals surface area contributed by atoms with E-state index < -0.39 is 0 Å². The van der Waals surface area contributed by atoms with Crippen LogP contribution in [0.2, 0.25) is 0 Å². The summed E-state index contributed by atoms with van der Waals surface area (Å²) in [6, 6.07) is 0. The van der Waals surface area contributed by atoms with E-state index in [9.17, 15) is 0 Å². The summed E-state index contributed by atoms with van der Waals surface area (Å²) in [5, 5.41) is 0.665. The van der Waals surface area contributed by atoms with Crippen molar-refractivity contribution in [1.82, 2.24) is 0 Å². The third-order valence-electron chi connectivity index (χ3n) is 4.03. The molecule has 0 aliphatic heterocycles. The van der Waals surface area contributed by atoms with Crippen molar-refractivity contribution in [2.75, 3.05) is 0 Å². The molecule has 1 atom stereocenters. The van der Waals surface area contributed by atoms with Gasteiger partial charge >= 0.3 is 0 Å². The average Bonchev–Trinajstić information content (AvgIpc) is 2.42. The van der Waals surface area contributed by atoms with E-state index in [0.717, 1.165) is 0 Å². The molecule has 0 rings (SSSR count).